The molecule has 3 aromatic heterocycles. The molecule has 1 saturated heterocycles. The van der Waals surface area contributed by atoms with Crippen molar-refractivity contribution in [3.8, 4) is 0 Å². The third kappa shape index (κ3) is 3.85. The molecule has 0 amide bonds. The summed E-state index contributed by atoms with van der Waals surface area (Å²) >= 11 is 3.74. The number of nitrogens with zero attached hydrogens (tertiary/aromatic N) is 4. The Bertz CT molecular complexity index is 1260. The van der Waals surface area contributed by atoms with Gasteiger partial charge in [-0.3, -0.25) is 9.80 Å². The van der Waals surface area contributed by atoms with Crippen molar-refractivity contribution in [2.24, 2.45) is 0 Å². The Morgan fingerprint density at radius 3 is 2.90 bits per heavy atom. The second kappa shape index (κ2) is 8.27. The summed E-state index contributed by atoms with van der Waals surface area (Å²) in [6.07, 6.45) is 2.59. The quantitative estimate of drug-likeness (QED) is 0.463. The maximum atomic E-state index is 11.9. The fourth-order valence-electron chi connectivity index (χ4n) is 4.46. The molecule has 1 aliphatic heterocycles. The fourth-order valence-corrected chi connectivity index (χ4v) is 7.07. The van der Waals surface area contributed by atoms with Crippen LogP contribution in [0, 0.1) is 13.8 Å². The Morgan fingerprint density at radius 2 is 2.10 bits per heavy atom. The number of anilines is 1. The molecule has 1 atom stereocenters. The molecule has 0 spiro atoms. The predicted molar refractivity (Wildman–Crippen MR) is 129 cm³/mol. The second-order valence-corrected chi connectivity index (χ2v) is 10.5. The number of nitrogens with two attached hydrogens (primary N) is 1. The van der Waals surface area contributed by atoms with E-state index >= 15 is 0 Å². The zero-order valence-corrected chi connectivity index (χ0v) is 19.3. The summed E-state index contributed by atoms with van der Waals surface area (Å²) in [7, 11) is 0. The van der Waals surface area contributed by atoms with Crippen LogP contribution in [0.5, 0.6) is 0 Å². The van der Waals surface area contributed by atoms with Crippen LogP contribution in [0.15, 0.2) is 29.9 Å². The van der Waals surface area contributed by atoms with Crippen LogP contribution in [0.4, 0.5) is 5.82 Å². The number of hydrogen-bond donors (Lipinski definition) is 1. The molecule has 0 radical (unpaired) electrons. The van der Waals surface area contributed by atoms with Gasteiger partial charge in [0.05, 0.1) is 15.6 Å². The highest BCUT2D eigenvalue weighted by Gasteiger charge is 2.27. The van der Waals surface area contributed by atoms with E-state index < -0.39 is 0 Å². The largest absolute Gasteiger partial charge is 0.383 e. The number of rotatable bonds is 5. The molecule has 5 rings (SSSR count). The predicted octanol–water partition coefficient (Wildman–Crippen LogP) is 3.99. The average Bonchev–Trinajstić information content (AvgIpc) is 3.28. The van der Waals surface area contributed by atoms with Crippen LogP contribution < -0.4 is 5.73 Å². The number of hydrogen-bond acceptors (Lipinski definition) is 8. The molecule has 8 heteroatoms. The van der Waals surface area contributed by atoms with Gasteiger partial charge in [-0.2, -0.15) is 0 Å². The van der Waals surface area contributed by atoms with Crippen LogP contribution >= 0.6 is 22.7 Å². The van der Waals surface area contributed by atoms with E-state index in [1.165, 1.54) is 31.7 Å². The zero-order chi connectivity index (χ0) is 21.5. The topological polar surface area (TPSA) is 75.3 Å². The van der Waals surface area contributed by atoms with Crippen LogP contribution in [0.25, 0.3) is 20.3 Å². The first-order valence-electron chi connectivity index (χ1n) is 10.4. The Balaban J connectivity index is 1.29. The van der Waals surface area contributed by atoms with Gasteiger partial charge in [-0.15, -0.1) is 22.7 Å². The SMILES string of the molecule is Cc1csc2sc(CN3CCN(Cc4ccc5c(N)ncnc5c4)C(C=O)C3)c(C)c12. The number of carbonyl (C=O) groups is 1. The molecule has 4 heterocycles. The number of thiophene rings is 2. The molecule has 0 saturated carbocycles. The van der Waals surface area contributed by atoms with Gasteiger partial charge < -0.3 is 10.5 Å². The lowest BCUT2D eigenvalue weighted by Gasteiger charge is -2.39. The van der Waals surface area contributed by atoms with Gasteiger partial charge in [-0.05, 0) is 48.1 Å². The lowest BCUT2D eigenvalue weighted by Crippen LogP contribution is -2.52. The second-order valence-electron chi connectivity index (χ2n) is 8.25. The van der Waals surface area contributed by atoms with Crippen molar-refractivity contribution in [2.45, 2.75) is 33.0 Å². The van der Waals surface area contributed by atoms with E-state index in [4.69, 9.17) is 5.73 Å². The van der Waals surface area contributed by atoms with Crippen molar-refractivity contribution in [3.05, 3.63) is 51.5 Å². The molecule has 1 fully saturated rings. The zero-order valence-electron chi connectivity index (χ0n) is 17.7. The van der Waals surface area contributed by atoms with Gasteiger partial charge >= 0.3 is 0 Å². The number of fused-ring (bicyclic) bond motifs is 2. The van der Waals surface area contributed by atoms with E-state index in [1.54, 1.807) is 0 Å². The molecule has 1 aromatic carbocycles. The first kappa shape index (κ1) is 20.5. The lowest BCUT2D eigenvalue weighted by atomic mass is 10.1. The monoisotopic (exact) mass is 451 g/mol. The van der Waals surface area contributed by atoms with E-state index in [-0.39, 0.29) is 6.04 Å². The third-order valence-corrected chi connectivity index (χ3v) is 8.71. The van der Waals surface area contributed by atoms with Gasteiger partial charge in [0.25, 0.3) is 0 Å². The molecule has 6 nitrogen and oxygen atoms in total. The van der Waals surface area contributed by atoms with E-state index in [0.29, 0.717) is 5.82 Å². The summed E-state index contributed by atoms with van der Waals surface area (Å²) in [6, 6.07) is 5.97. The van der Waals surface area contributed by atoms with Gasteiger partial charge in [0.2, 0.25) is 0 Å². The van der Waals surface area contributed by atoms with Crippen LogP contribution in [-0.2, 0) is 17.9 Å². The first-order valence-corrected chi connectivity index (χ1v) is 12.1. The standard InChI is InChI=1S/C23H25N5OS2/c1-14-12-30-23-21(14)15(2)20(31-23)10-27-5-6-28(17(9-27)11-29)8-16-3-4-18-19(7-16)25-13-26-22(18)24/h3-4,7,11-13,17H,5-6,8-10H2,1-2H3,(H2,24,25,26). The van der Waals surface area contributed by atoms with Crippen molar-refractivity contribution < 1.29 is 4.79 Å². The van der Waals surface area contributed by atoms with Crippen molar-refractivity contribution >= 4 is 55.1 Å². The van der Waals surface area contributed by atoms with Crippen LogP contribution in [0.2, 0.25) is 0 Å². The maximum absolute atomic E-state index is 11.9. The molecule has 2 N–H and O–H groups in total. The van der Waals surface area contributed by atoms with E-state index in [2.05, 4.69) is 45.1 Å². The first-order chi connectivity index (χ1) is 15.0. The normalized spacial score (nSPS) is 18.2. The minimum absolute atomic E-state index is 0.108. The third-order valence-electron chi connectivity index (χ3n) is 6.21. The number of carbonyl (C=O) groups excluding carboxylic acids is 1. The molecule has 1 unspecified atom stereocenters. The number of nitrogen functional groups attached to an aromatic ring is 1. The van der Waals surface area contributed by atoms with Crippen LogP contribution in [0.3, 0.4) is 0 Å². The minimum Gasteiger partial charge on any atom is -0.383 e. The Hall–Kier alpha value is -2.39. The fraction of sp³-hybridized carbons (Fsp3) is 0.348. The van der Waals surface area contributed by atoms with Crippen molar-refractivity contribution in [1.29, 1.82) is 0 Å². The van der Waals surface area contributed by atoms with Gasteiger partial charge in [0, 0.05) is 48.4 Å². The molecular weight excluding hydrogens is 426 g/mol. The summed E-state index contributed by atoms with van der Waals surface area (Å²) in [4.78, 5) is 26.4. The number of aldehydes is 1. The van der Waals surface area contributed by atoms with Gasteiger partial charge in [0.1, 0.15) is 18.4 Å². The van der Waals surface area contributed by atoms with Crippen LogP contribution in [0.1, 0.15) is 21.6 Å². The van der Waals surface area contributed by atoms with E-state index in [9.17, 15) is 4.79 Å². The highest BCUT2D eigenvalue weighted by Crippen LogP contribution is 2.38. The molecule has 31 heavy (non-hydrogen) atoms. The average molecular weight is 452 g/mol. The number of benzene rings is 1. The molecular formula is C23H25N5OS2. The summed E-state index contributed by atoms with van der Waals surface area (Å²) in [5, 5.41) is 4.53. The van der Waals surface area contributed by atoms with E-state index in [1.807, 2.05) is 34.8 Å². The van der Waals surface area contributed by atoms with Crippen LogP contribution in [-0.4, -0.2) is 51.7 Å². The Morgan fingerprint density at radius 1 is 1.23 bits per heavy atom. The molecule has 160 valence electrons. The van der Waals surface area contributed by atoms with Crippen molar-refractivity contribution in [2.75, 3.05) is 25.4 Å². The van der Waals surface area contributed by atoms with Gasteiger partial charge in [0.15, 0.2) is 0 Å². The highest BCUT2D eigenvalue weighted by atomic mass is 32.2. The lowest BCUT2D eigenvalue weighted by molar-refractivity contribution is -0.115. The number of aryl methyl sites for hydroxylation is 2. The maximum Gasteiger partial charge on any atom is 0.138 e. The molecule has 4 aromatic rings. The van der Waals surface area contributed by atoms with Gasteiger partial charge in [-0.25, -0.2) is 9.97 Å². The minimum atomic E-state index is -0.108. The van der Waals surface area contributed by atoms with Crippen molar-refractivity contribution in [1.82, 2.24) is 19.8 Å². The smallest absolute Gasteiger partial charge is 0.138 e. The number of aromatic nitrogens is 2. The van der Waals surface area contributed by atoms with Gasteiger partial charge in [-0.1, -0.05) is 6.07 Å². The molecule has 1 aliphatic rings. The van der Waals surface area contributed by atoms with Crippen molar-refractivity contribution in [3.63, 3.8) is 0 Å². The Labute approximate surface area is 189 Å². The summed E-state index contributed by atoms with van der Waals surface area (Å²) in [6.45, 7) is 8.65. The number of piperazine rings is 1. The Kier molecular flexibility index (Phi) is 5.47. The molecule has 0 bridgehead atoms. The summed E-state index contributed by atoms with van der Waals surface area (Å²) in [5.41, 5.74) is 10.7. The van der Waals surface area contributed by atoms with E-state index in [0.717, 1.165) is 55.5 Å². The highest BCUT2D eigenvalue weighted by molar-refractivity contribution is 7.37. The molecule has 0 aliphatic carbocycles. The summed E-state index contributed by atoms with van der Waals surface area (Å²) in [5.74, 6) is 0.495. The summed E-state index contributed by atoms with van der Waals surface area (Å²) < 4.78 is 1.41.